The number of rotatable bonds is 0. The highest BCUT2D eigenvalue weighted by atomic mass is 16.8. The Bertz CT molecular complexity index is 156. The fourth-order valence-electron chi connectivity index (χ4n) is 1.74. The second-order valence-corrected chi connectivity index (χ2v) is 3.57. The lowest BCUT2D eigenvalue weighted by atomic mass is 9.82. The molecule has 3 heteroatoms. The molecule has 0 aromatic carbocycles. The summed E-state index contributed by atoms with van der Waals surface area (Å²) in [6.07, 6.45) is 0. The molecule has 0 amide bonds. The van der Waals surface area contributed by atoms with E-state index in [1.54, 1.807) is 0 Å². The van der Waals surface area contributed by atoms with E-state index in [1.807, 2.05) is 0 Å². The van der Waals surface area contributed by atoms with Gasteiger partial charge in [-0.05, 0) is 5.92 Å². The molecule has 4 atom stereocenters. The van der Waals surface area contributed by atoms with E-state index >= 15 is 0 Å². The van der Waals surface area contributed by atoms with Crippen LogP contribution >= 0.6 is 0 Å². The molecule has 2 aliphatic heterocycles. The van der Waals surface area contributed by atoms with Crippen LogP contribution in [0.5, 0.6) is 0 Å². The zero-order chi connectivity index (χ0) is 7.35. The molecule has 2 rings (SSSR count). The molecule has 2 heterocycles. The minimum atomic E-state index is -0.154. The predicted molar refractivity (Wildman–Crippen MR) is 40.4 cm³/mol. The monoisotopic (exact) mass is 140 g/mol. The largest absolute Gasteiger partial charge is 0.353 e. The summed E-state index contributed by atoms with van der Waals surface area (Å²) >= 11 is 0. The van der Waals surface area contributed by atoms with Crippen molar-refractivity contribution in [3.05, 3.63) is 0 Å². The Morgan fingerprint density at radius 1 is 1.50 bits per heavy atom. The van der Waals surface area contributed by atoms with E-state index in [9.17, 15) is 0 Å². The average molecular weight is 140 g/mol. The van der Waals surface area contributed by atoms with Crippen LogP contribution in [0.15, 0.2) is 0 Å². The molecule has 0 aromatic heterocycles. The van der Waals surface area contributed by atoms with Crippen molar-refractivity contribution in [2.24, 2.45) is 11.8 Å². The fraction of sp³-hybridized carbons (Fsp3) is 1.00. The highest BCUT2D eigenvalue weighted by Gasteiger charge is 2.59. The first-order valence-corrected chi connectivity index (χ1v) is 3.97. The van der Waals surface area contributed by atoms with E-state index in [-0.39, 0.29) is 5.79 Å². The lowest BCUT2D eigenvalue weighted by molar-refractivity contribution is -0.0289. The first-order valence-electron chi connectivity index (χ1n) is 3.97. The second kappa shape index (κ2) is 1.77. The van der Waals surface area contributed by atoms with Gasteiger partial charge in [0.15, 0.2) is 5.79 Å². The van der Waals surface area contributed by atoms with Crippen LogP contribution in [-0.4, -0.2) is 26.2 Å². The molecule has 1 spiro atoms. The Kier molecular flexibility index (Phi) is 1.18. The summed E-state index contributed by atoms with van der Waals surface area (Å²) in [7, 11) is 2.12. The normalized spacial score (nSPS) is 59.6. The molecule has 2 fully saturated rings. The highest BCUT2D eigenvalue weighted by molar-refractivity contribution is 6.11. The SMILES string of the molecule is BC1OC2(CO2)C(C)C1C. The standard InChI is InChI=1S/C7H13BO2/c1-4-5(2)7(3-9-7)10-6(4)8/h4-6H,3,8H2,1-2H3. The second-order valence-electron chi connectivity index (χ2n) is 3.57. The summed E-state index contributed by atoms with van der Waals surface area (Å²) in [5.41, 5.74) is 0. The summed E-state index contributed by atoms with van der Waals surface area (Å²) in [6.45, 7) is 5.25. The molecule has 0 bridgehead atoms. The van der Waals surface area contributed by atoms with E-state index in [2.05, 4.69) is 21.7 Å². The Labute approximate surface area is 62.3 Å². The van der Waals surface area contributed by atoms with E-state index in [4.69, 9.17) is 9.47 Å². The van der Waals surface area contributed by atoms with Crippen LogP contribution in [0.4, 0.5) is 0 Å². The van der Waals surface area contributed by atoms with Crippen LogP contribution in [-0.2, 0) is 9.47 Å². The van der Waals surface area contributed by atoms with Gasteiger partial charge in [-0.1, -0.05) is 13.8 Å². The van der Waals surface area contributed by atoms with Gasteiger partial charge in [0, 0.05) is 11.9 Å². The molecule has 2 nitrogen and oxygen atoms in total. The van der Waals surface area contributed by atoms with Gasteiger partial charge in [0.05, 0.1) is 0 Å². The molecule has 0 aliphatic carbocycles. The van der Waals surface area contributed by atoms with Crippen LogP contribution in [0.2, 0.25) is 0 Å². The molecule has 0 aromatic rings. The Balaban J connectivity index is 2.16. The molecule has 0 saturated carbocycles. The van der Waals surface area contributed by atoms with Crippen molar-refractivity contribution in [2.45, 2.75) is 25.6 Å². The van der Waals surface area contributed by atoms with E-state index in [1.165, 1.54) is 0 Å². The summed E-state index contributed by atoms with van der Waals surface area (Å²) in [6, 6.07) is 0.373. The van der Waals surface area contributed by atoms with E-state index in [0.717, 1.165) is 6.61 Å². The minimum Gasteiger partial charge on any atom is -0.353 e. The van der Waals surface area contributed by atoms with Gasteiger partial charge < -0.3 is 9.47 Å². The van der Waals surface area contributed by atoms with Crippen LogP contribution < -0.4 is 0 Å². The Morgan fingerprint density at radius 3 is 2.30 bits per heavy atom. The highest BCUT2D eigenvalue weighted by Crippen LogP contribution is 2.48. The molecule has 56 valence electrons. The van der Waals surface area contributed by atoms with Gasteiger partial charge in [0.25, 0.3) is 0 Å². The number of hydrogen-bond donors (Lipinski definition) is 0. The van der Waals surface area contributed by atoms with Crippen molar-refractivity contribution in [1.82, 2.24) is 0 Å². The third-order valence-electron chi connectivity index (χ3n) is 3.04. The number of hydrogen-bond acceptors (Lipinski definition) is 2. The van der Waals surface area contributed by atoms with Crippen molar-refractivity contribution in [3.8, 4) is 0 Å². The number of epoxide rings is 1. The van der Waals surface area contributed by atoms with Crippen LogP contribution in [0.3, 0.4) is 0 Å². The van der Waals surface area contributed by atoms with Gasteiger partial charge in [0.2, 0.25) is 0 Å². The van der Waals surface area contributed by atoms with Gasteiger partial charge in [-0.25, -0.2) is 0 Å². The summed E-state index contributed by atoms with van der Waals surface area (Å²) in [5.74, 6) is 1.06. The summed E-state index contributed by atoms with van der Waals surface area (Å²) in [5, 5.41) is 0. The van der Waals surface area contributed by atoms with Gasteiger partial charge >= 0.3 is 0 Å². The van der Waals surface area contributed by atoms with Crippen molar-refractivity contribution in [2.75, 3.05) is 6.61 Å². The molecule has 0 radical (unpaired) electrons. The van der Waals surface area contributed by atoms with Crippen molar-refractivity contribution in [1.29, 1.82) is 0 Å². The first kappa shape index (κ1) is 6.68. The maximum absolute atomic E-state index is 5.66. The first-order chi connectivity index (χ1) is 4.66. The third kappa shape index (κ3) is 0.677. The topological polar surface area (TPSA) is 21.8 Å². The van der Waals surface area contributed by atoms with E-state index in [0.29, 0.717) is 17.8 Å². The molecular formula is C7H13BO2. The smallest absolute Gasteiger partial charge is 0.194 e. The molecule has 2 saturated heterocycles. The molecule has 2 aliphatic rings. The minimum absolute atomic E-state index is 0.154. The van der Waals surface area contributed by atoms with Gasteiger partial charge in [0.1, 0.15) is 14.5 Å². The van der Waals surface area contributed by atoms with Crippen LogP contribution in [0.1, 0.15) is 13.8 Å². The molecule has 4 unspecified atom stereocenters. The van der Waals surface area contributed by atoms with Crippen LogP contribution in [0, 0.1) is 11.8 Å². The molecule has 0 N–H and O–H groups in total. The third-order valence-corrected chi connectivity index (χ3v) is 3.04. The van der Waals surface area contributed by atoms with Gasteiger partial charge in [-0.2, -0.15) is 0 Å². The van der Waals surface area contributed by atoms with Gasteiger partial charge in [-0.15, -0.1) is 0 Å². The summed E-state index contributed by atoms with van der Waals surface area (Å²) in [4.78, 5) is 0. The zero-order valence-electron chi connectivity index (χ0n) is 6.76. The maximum atomic E-state index is 5.66. The molecular weight excluding hydrogens is 127 g/mol. The average Bonchev–Trinajstić information content (AvgIpc) is 2.62. The van der Waals surface area contributed by atoms with Crippen LogP contribution in [0.25, 0.3) is 0 Å². The Hall–Kier alpha value is -0.0151. The van der Waals surface area contributed by atoms with Crippen molar-refractivity contribution in [3.63, 3.8) is 0 Å². The quantitative estimate of drug-likeness (QED) is 0.348. The molecule has 10 heavy (non-hydrogen) atoms. The van der Waals surface area contributed by atoms with E-state index < -0.39 is 0 Å². The summed E-state index contributed by atoms with van der Waals surface area (Å²) < 4.78 is 10.9. The maximum Gasteiger partial charge on any atom is 0.194 e. The lowest BCUT2D eigenvalue weighted by Crippen LogP contribution is -2.18. The number of ether oxygens (including phenoxy) is 2. The zero-order valence-corrected chi connectivity index (χ0v) is 6.76. The fourth-order valence-corrected chi connectivity index (χ4v) is 1.74. The lowest BCUT2D eigenvalue weighted by Gasteiger charge is -2.10. The predicted octanol–water partition coefficient (Wildman–Crippen LogP) is -0.0255. The van der Waals surface area contributed by atoms with Crippen molar-refractivity contribution < 1.29 is 9.47 Å². The Morgan fingerprint density at radius 2 is 2.10 bits per heavy atom. The van der Waals surface area contributed by atoms with Crippen molar-refractivity contribution >= 4 is 7.85 Å². The van der Waals surface area contributed by atoms with Gasteiger partial charge in [-0.3, -0.25) is 0 Å².